The SMILES string of the molecule is COc1cccc(NCc2nnc3n(C)c(=O)c4ccccc4n23)c1. The second kappa shape index (κ2) is 5.94. The number of methoxy groups -OCH3 is 1. The average Bonchev–Trinajstić information content (AvgIpc) is 3.09. The van der Waals surface area contributed by atoms with Crippen molar-refractivity contribution in [3.8, 4) is 5.75 Å². The van der Waals surface area contributed by atoms with Gasteiger partial charge in [-0.15, -0.1) is 10.2 Å². The minimum atomic E-state index is -0.0807. The third kappa shape index (κ3) is 2.50. The van der Waals surface area contributed by atoms with Gasteiger partial charge in [-0.2, -0.15) is 0 Å². The van der Waals surface area contributed by atoms with E-state index in [1.807, 2.05) is 52.9 Å². The van der Waals surface area contributed by atoms with Crippen LogP contribution < -0.4 is 15.6 Å². The monoisotopic (exact) mass is 335 g/mol. The molecule has 4 rings (SSSR count). The molecule has 0 radical (unpaired) electrons. The zero-order valence-electron chi connectivity index (χ0n) is 13.9. The first kappa shape index (κ1) is 15.2. The van der Waals surface area contributed by atoms with E-state index in [0.29, 0.717) is 17.7 Å². The Hall–Kier alpha value is -3.35. The van der Waals surface area contributed by atoms with E-state index in [1.54, 1.807) is 14.2 Å². The quantitative estimate of drug-likeness (QED) is 0.619. The highest BCUT2D eigenvalue weighted by Gasteiger charge is 2.14. The van der Waals surface area contributed by atoms with Crippen molar-refractivity contribution in [1.29, 1.82) is 0 Å². The van der Waals surface area contributed by atoms with E-state index < -0.39 is 0 Å². The molecule has 0 aliphatic rings. The molecule has 2 heterocycles. The number of aromatic nitrogens is 4. The first-order valence-electron chi connectivity index (χ1n) is 7.88. The largest absolute Gasteiger partial charge is 0.497 e. The molecule has 4 aromatic rings. The van der Waals surface area contributed by atoms with Crippen molar-refractivity contribution < 1.29 is 4.74 Å². The molecule has 0 aliphatic carbocycles. The van der Waals surface area contributed by atoms with Crippen LogP contribution in [0.4, 0.5) is 5.69 Å². The molecule has 0 unspecified atom stereocenters. The Morgan fingerprint density at radius 2 is 1.96 bits per heavy atom. The van der Waals surface area contributed by atoms with Gasteiger partial charge in [0.05, 0.1) is 24.6 Å². The Kier molecular flexibility index (Phi) is 3.61. The highest BCUT2D eigenvalue weighted by atomic mass is 16.5. The van der Waals surface area contributed by atoms with Crippen molar-refractivity contribution >= 4 is 22.4 Å². The fourth-order valence-electron chi connectivity index (χ4n) is 2.92. The number of nitrogens with one attached hydrogen (secondary N) is 1. The standard InChI is InChI=1S/C18H17N5O2/c1-22-17(24)14-8-3-4-9-15(14)23-16(20-21-18(22)23)11-19-12-6-5-7-13(10-12)25-2/h3-10,19H,11H2,1-2H3. The molecule has 0 atom stereocenters. The smallest absolute Gasteiger partial charge is 0.262 e. The Bertz CT molecular complexity index is 1130. The zero-order valence-corrected chi connectivity index (χ0v) is 13.9. The van der Waals surface area contributed by atoms with Crippen molar-refractivity contribution in [1.82, 2.24) is 19.2 Å². The molecule has 0 aliphatic heterocycles. The summed E-state index contributed by atoms with van der Waals surface area (Å²) in [4.78, 5) is 12.5. The van der Waals surface area contributed by atoms with Gasteiger partial charge in [-0.05, 0) is 24.3 Å². The minimum absolute atomic E-state index is 0.0807. The number of para-hydroxylation sites is 1. The van der Waals surface area contributed by atoms with Crippen LogP contribution in [0.1, 0.15) is 5.82 Å². The van der Waals surface area contributed by atoms with Crippen LogP contribution >= 0.6 is 0 Å². The van der Waals surface area contributed by atoms with Gasteiger partial charge in [-0.1, -0.05) is 18.2 Å². The summed E-state index contributed by atoms with van der Waals surface area (Å²) in [6.07, 6.45) is 0. The van der Waals surface area contributed by atoms with Gasteiger partial charge in [0, 0.05) is 18.8 Å². The lowest BCUT2D eigenvalue weighted by atomic mass is 10.2. The average molecular weight is 335 g/mol. The lowest BCUT2D eigenvalue weighted by Gasteiger charge is -2.09. The fraction of sp³-hybridized carbons (Fsp3) is 0.167. The van der Waals surface area contributed by atoms with E-state index in [-0.39, 0.29) is 5.56 Å². The van der Waals surface area contributed by atoms with E-state index in [9.17, 15) is 4.79 Å². The van der Waals surface area contributed by atoms with E-state index >= 15 is 0 Å². The number of nitrogens with zero attached hydrogens (tertiary/aromatic N) is 4. The van der Waals surface area contributed by atoms with Crippen LogP contribution in [-0.2, 0) is 13.6 Å². The Morgan fingerprint density at radius 1 is 1.12 bits per heavy atom. The lowest BCUT2D eigenvalue weighted by molar-refractivity contribution is 0.415. The summed E-state index contributed by atoms with van der Waals surface area (Å²) in [6.45, 7) is 0.469. The summed E-state index contributed by atoms with van der Waals surface area (Å²) in [6, 6.07) is 15.2. The number of ether oxygens (including phenoxy) is 1. The molecular formula is C18H17N5O2. The second-order valence-electron chi connectivity index (χ2n) is 5.72. The molecule has 0 bridgehead atoms. The molecule has 0 spiro atoms. The topological polar surface area (TPSA) is 73.4 Å². The van der Waals surface area contributed by atoms with Gasteiger partial charge in [-0.3, -0.25) is 13.8 Å². The summed E-state index contributed by atoms with van der Waals surface area (Å²) >= 11 is 0. The van der Waals surface area contributed by atoms with Crippen LogP contribution in [0.5, 0.6) is 5.75 Å². The number of fused-ring (bicyclic) bond motifs is 3. The summed E-state index contributed by atoms with van der Waals surface area (Å²) in [5.41, 5.74) is 1.64. The van der Waals surface area contributed by atoms with Crippen LogP contribution in [0.2, 0.25) is 0 Å². The second-order valence-corrected chi connectivity index (χ2v) is 5.72. The van der Waals surface area contributed by atoms with Crippen LogP contribution in [0.3, 0.4) is 0 Å². The molecule has 2 aromatic heterocycles. The van der Waals surface area contributed by atoms with Crippen molar-refractivity contribution in [3.05, 3.63) is 64.7 Å². The number of rotatable bonds is 4. The number of aryl methyl sites for hydroxylation is 1. The molecule has 0 saturated carbocycles. The van der Waals surface area contributed by atoms with Gasteiger partial charge in [-0.25, -0.2) is 0 Å². The van der Waals surface area contributed by atoms with Gasteiger partial charge in [0.2, 0.25) is 5.78 Å². The van der Waals surface area contributed by atoms with Gasteiger partial charge in [0.15, 0.2) is 5.82 Å². The maximum atomic E-state index is 12.5. The maximum Gasteiger partial charge on any atom is 0.262 e. The number of benzene rings is 2. The summed E-state index contributed by atoms with van der Waals surface area (Å²) in [7, 11) is 3.34. The van der Waals surface area contributed by atoms with E-state index in [4.69, 9.17) is 4.74 Å². The highest BCUT2D eigenvalue weighted by Crippen LogP contribution is 2.18. The van der Waals surface area contributed by atoms with Gasteiger partial charge in [0.25, 0.3) is 5.56 Å². The van der Waals surface area contributed by atoms with Crippen molar-refractivity contribution in [2.24, 2.45) is 7.05 Å². The fourth-order valence-corrected chi connectivity index (χ4v) is 2.92. The zero-order chi connectivity index (χ0) is 17.4. The van der Waals surface area contributed by atoms with Crippen LogP contribution in [-0.4, -0.2) is 26.3 Å². The third-order valence-corrected chi connectivity index (χ3v) is 4.21. The lowest BCUT2D eigenvalue weighted by Crippen LogP contribution is -2.20. The molecule has 2 aromatic carbocycles. The molecule has 0 fully saturated rings. The van der Waals surface area contributed by atoms with Crippen LogP contribution in [0, 0.1) is 0 Å². The molecule has 0 amide bonds. The molecule has 1 N–H and O–H groups in total. The van der Waals surface area contributed by atoms with Gasteiger partial charge >= 0.3 is 0 Å². The predicted molar refractivity (Wildman–Crippen MR) is 96.1 cm³/mol. The van der Waals surface area contributed by atoms with Crippen molar-refractivity contribution in [3.63, 3.8) is 0 Å². The molecule has 7 heteroatoms. The summed E-state index contributed by atoms with van der Waals surface area (Å²) < 4.78 is 8.66. The molecule has 126 valence electrons. The number of anilines is 1. The predicted octanol–water partition coefficient (Wildman–Crippen LogP) is 2.20. The molecule has 7 nitrogen and oxygen atoms in total. The van der Waals surface area contributed by atoms with Gasteiger partial charge in [0.1, 0.15) is 5.75 Å². The Labute approximate surface area is 143 Å². The normalized spacial score (nSPS) is 11.1. The first-order chi connectivity index (χ1) is 12.2. The van der Waals surface area contributed by atoms with E-state index in [2.05, 4.69) is 15.5 Å². The number of hydrogen-bond donors (Lipinski definition) is 1. The number of hydrogen-bond acceptors (Lipinski definition) is 5. The first-order valence-corrected chi connectivity index (χ1v) is 7.88. The molecule has 25 heavy (non-hydrogen) atoms. The molecule has 0 saturated heterocycles. The van der Waals surface area contributed by atoms with E-state index in [0.717, 1.165) is 22.8 Å². The van der Waals surface area contributed by atoms with Crippen molar-refractivity contribution in [2.45, 2.75) is 6.54 Å². The third-order valence-electron chi connectivity index (χ3n) is 4.21. The highest BCUT2D eigenvalue weighted by molar-refractivity contribution is 5.80. The van der Waals surface area contributed by atoms with Crippen LogP contribution in [0.25, 0.3) is 16.7 Å². The van der Waals surface area contributed by atoms with Crippen LogP contribution in [0.15, 0.2) is 53.3 Å². The maximum absolute atomic E-state index is 12.5. The van der Waals surface area contributed by atoms with Gasteiger partial charge < -0.3 is 10.1 Å². The Morgan fingerprint density at radius 3 is 2.80 bits per heavy atom. The summed E-state index contributed by atoms with van der Waals surface area (Å²) in [5, 5.41) is 12.4. The molecular weight excluding hydrogens is 318 g/mol. The van der Waals surface area contributed by atoms with Crippen molar-refractivity contribution in [2.75, 3.05) is 12.4 Å². The van der Waals surface area contributed by atoms with E-state index in [1.165, 1.54) is 4.57 Å². The summed E-state index contributed by atoms with van der Waals surface area (Å²) in [5.74, 6) is 2.03. The Balaban J connectivity index is 1.79. The minimum Gasteiger partial charge on any atom is -0.497 e.